The van der Waals surface area contributed by atoms with Crippen molar-refractivity contribution in [1.29, 1.82) is 0 Å². The van der Waals surface area contributed by atoms with Crippen LogP contribution in [0.4, 0.5) is 0 Å². The molecule has 2 rings (SSSR count). The maximum Gasteiger partial charge on any atom is 0.255 e. The van der Waals surface area contributed by atoms with E-state index in [1.807, 2.05) is 37.3 Å². The summed E-state index contributed by atoms with van der Waals surface area (Å²) in [5.41, 5.74) is 1.44. The summed E-state index contributed by atoms with van der Waals surface area (Å²) in [5, 5.41) is 2.69. The van der Waals surface area contributed by atoms with Crippen molar-refractivity contribution in [2.75, 3.05) is 33.4 Å². The average molecular weight is 370 g/mol. The minimum absolute atomic E-state index is 0.0875. The first-order valence-corrected chi connectivity index (χ1v) is 8.96. The van der Waals surface area contributed by atoms with Gasteiger partial charge in [-0.1, -0.05) is 42.5 Å². The van der Waals surface area contributed by atoms with Crippen LogP contribution in [0, 0.1) is 0 Å². The van der Waals surface area contributed by atoms with Crippen molar-refractivity contribution >= 4 is 11.8 Å². The van der Waals surface area contributed by atoms with Gasteiger partial charge in [0.15, 0.2) is 0 Å². The first-order valence-electron chi connectivity index (χ1n) is 8.96. The number of rotatable bonds is 10. The number of ether oxygens (including phenoxy) is 2. The van der Waals surface area contributed by atoms with Crippen LogP contribution in [0.25, 0.3) is 0 Å². The number of para-hydroxylation sites is 1. The number of methoxy groups -OCH3 is 1. The lowest BCUT2D eigenvalue weighted by Crippen LogP contribution is -2.41. The Morgan fingerprint density at radius 1 is 1.04 bits per heavy atom. The minimum atomic E-state index is -0.334. The fourth-order valence-corrected chi connectivity index (χ4v) is 2.60. The predicted octanol–water partition coefficient (Wildman–Crippen LogP) is 2.49. The van der Waals surface area contributed by atoms with Gasteiger partial charge in [-0.05, 0) is 24.6 Å². The van der Waals surface area contributed by atoms with Crippen molar-refractivity contribution in [1.82, 2.24) is 10.2 Å². The summed E-state index contributed by atoms with van der Waals surface area (Å²) in [7, 11) is 1.59. The molecule has 0 heterocycles. The van der Waals surface area contributed by atoms with Crippen LogP contribution >= 0.6 is 0 Å². The number of amides is 2. The zero-order valence-corrected chi connectivity index (χ0v) is 15.8. The predicted molar refractivity (Wildman–Crippen MR) is 104 cm³/mol. The van der Waals surface area contributed by atoms with E-state index >= 15 is 0 Å². The molecule has 0 aromatic heterocycles. The summed E-state index contributed by atoms with van der Waals surface area (Å²) >= 11 is 0. The zero-order chi connectivity index (χ0) is 19.5. The van der Waals surface area contributed by atoms with E-state index in [-0.39, 0.29) is 18.4 Å². The third-order valence-electron chi connectivity index (χ3n) is 3.97. The summed E-state index contributed by atoms with van der Waals surface area (Å²) in [4.78, 5) is 26.8. The molecular formula is C21H26N2O4. The lowest BCUT2D eigenvalue weighted by molar-refractivity contribution is -0.131. The monoisotopic (exact) mass is 370 g/mol. The molecule has 0 radical (unpaired) electrons. The van der Waals surface area contributed by atoms with E-state index in [4.69, 9.17) is 9.47 Å². The number of hydrogen-bond acceptors (Lipinski definition) is 4. The van der Waals surface area contributed by atoms with Crippen LogP contribution in [-0.2, 0) is 16.1 Å². The minimum Gasteiger partial charge on any atom is -0.493 e. The van der Waals surface area contributed by atoms with Crippen LogP contribution in [0.15, 0.2) is 54.6 Å². The van der Waals surface area contributed by atoms with E-state index in [2.05, 4.69) is 5.32 Å². The van der Waals surface area contributed by atoms with Gasteiger partial charge in [-0.2, -0.15) is 0 Å². The van der Waals surface area contributed by atoms with Gasteiger partial charge in [-0.3, -0.25) is 9.59 Å². The van der Waals surface area contributed by atoms with Crippen molar-refractivity contribution in [3.8, 4) is 5.75 Å². The van der Waals surface area contributed by atoms with Crippen LogP contribution in [0.5, 0.6) is 5.75 Å². The molecule has 2 aromatic carbocycles. The second kappa shape index (κ2) is 11.0. The Morgan fingerprint density at radius 2 is 1.74 bits per heavy atom. The molecule has 0 bridgehead atoms. The smallest absolute Gasteiger partial charge is 0.255 e. The van der Waals surface area contributed by atoms with Gasteiger partial charge >= 0.3 is 0 Å². The Labute approximate surface area is 160 Å². The van der Waals surface area contributed by atoms with Crippen molar-refractivity contribution in [2.45, 2.75) is 13.5 Å². The quantitative estimate of drug-likeness (QED) is 0.698. The third kappa shape index (κ3) is 6.42. The van der Waals surface area contributed by atoms with Gasteiger partial charge in [-0.25, -0.2) is 0 Å². The Kier molecular flexibility index (Phi) is 8.32. The highest BCUT2D eigenvalue weighted by atomic mass is 16.5. The molecule has 27 heavy (non-hydrogen) atoms. The number of carbonyl (C=O) groups excluding carboxylic acids is 2. The number of carbonyl (C=O) groups is 2. The Balaban J connectivity index is 1.99. The van der Waals surface area contributed by atoms with Crippen molar-refractivity contribution in [3.05, 3.63) is 65.7 Å². The summed E-state index contributed by atoms with van der Waals surface area (Å²) in [6, 6.07) is 16.7. The lowest BCUT2D eigenvalue weighted by Gasteiger charge is -2.23. The van der Waals surface area contributed by atoms with Gasteiger partial charge in [-0.15, -0.1) is 0 Å². The van der Waals surface area contributed by atoms with E-state index in [9.17, 15) is 9.59 Å². The normalized spacial score (nSPS) is 10.3. The topological polar surface area (TPSA) is 67.9 Å². The highest BCUT2D eigenvalue weighted by molar-refractivity contribution is 5.98. The second-order valence-corrected chi connectivity index (χ2v) is 5.91. The molecule has 0 aliphatic carbocycles. The van der Waals surface area contributed by atoms with E-state index in [0.29, 0.717) is 37.6 Å². The van der Waals surface area contributed by atoms with Gasteiger partial charge in [0.05, 0.1) is 25.3 Å². The van der Waals surface area contributed by atoms with Crippen LogP contribution in [-0.4, -0.2) is 50.1 Å². The summed E-state index contributed by atoms with van der Waals surface area (Å²) < 4.78 is 10.6. The fraction of sp³-hybridized carbons (Fsp3) is 0.333. The van der Waals surface area contributed by atoms with Crippen LogP contribution in [0.2, 0.25) is 0 Å². The molecule has 0 saturated heterocycles. The van der Waals surface area contributed by atoms with Gasteiger partial charge in [0.2, 0.25) is 5.91 Å². The summed E-state index contributed by atoms with van der Waals surface area (Å²) in [6.07, 6.45) is 0. The molecule has 2 amide bonds. The van der Waals surface area contributed by atoms with Crippen molar-refractivity contribution < 1.29 is 19.1 Å². The van der Waals surface area contributed by atoms with Crippen LogP contribution < -0.4 is 10.1 Å². The molecule has 1 N–H and O–H groups in total. The highest BCUT2D eigenvalue weighted by Crippen LogP contribution is 2.17. The maximum absolute atomic E-state index is 12.6. The Hall–Kier alpha value is -2.86. The summed E-state index contributed by atoms with van der Waals surface area (Å²) in [5.74, 6) is 0.00224. The van der Waals surface area contributed by atoms with E-state index in [0.717, 1.165) is 5.56 Å². The molecule has 144 valence electrons. The first kappa shape index (κ1) is 20.5. The molecule has 6 heteroatoms. The number of hydrogen-bond donors (Lipinski definition) is 1. The molecule has 2 aromatic rings. The van der Waals surface area contributed by atoms with Gasteiger partial charge in [0.1, 0.15) is 5.75 Å². The zero-order valence-electron chi connectivity index (χ0n) is 15.8. The Bertz CT molecular complexity index is 734. The second-order valence-electron chi connectivity index (χ2n) is 5.91. The Morgan fingerprint density at radius 3 is 2.44 bits per heavy atom. The van der Waals surface area contributed by atoms with E-state index in [1.54, 1.807) is 36.3 Å². The third-order valence-corrected chi connectivity index (χ3v) is 3.97. The van der Waals surface area contributed by atoms with E-state index in [1.165, 1.54) is 0 Å². The van der Waals surface area contributed by atoms with Crippen LogP contribution in [0.3, 0.4) is 0 Å². The molecular weight excluding hydrogens is 344 g/mol. The molecule has 0 aliphatic rings. The molecule has 0 unspecified atom stereocenters. The standard InChI is InChI=1S/C21H26N2O4/c1-3-27-19-12-8-7-11-18(19)21(25)22-15-20(24)23(13-14-26-2)16-17-9-5-4-6-10-17/h4-12H,3,13-16H2,1-2H3,(H,22,25). The fourth-order valence-electron chi connectivity index (χ4n) is 2.60. The summed E-state index contributed by atoms with van der Waals surface area (Å²) in [6.45, 7) is 3.58. The van der Waals surface area contributed by atoms with Gasteiger partial charge < -0.3 is 19.7 Å². The average Bonchev–Trinajstić information content (AvgIpc) is 2.70. The van der Waals surface area contributed by atoms with Gasteiger partial charge in [0.25, 0.3) is 5.91 Å². The molecule has 0 aliphatic heterocycles. The SMILES string of the molecule is CCOc1ccccc1C(=O)NCC(=O)N(CCOC)Cc1ccccc1. The van der Waals surface area contributed by atoms with E-state index < -0.39 is 0 Å². The van der Waals surface area contributed by atoms with Crippen molar-refractivity contribution in [2.24, 2.45) is 0 Å². The molecule has 0 fully saturated rings. The first-order chi connectivity index (χ1) is 13.2. The molecule has 0 spiro atoms. The van der Waals surface area contributed by atoms with Crippen LogP contribution in [0.1, 0.15) is 22.8 Å². The number of benzene rings is 2. The number of nitrogens with zero attached hydrogens (tertiary/aromatic N) is 1. The van der Waals surface area contributed by atoms with Gasteiger partial charge in [0, 0.05) is 20.2 Å². The molecule has 6 nitrogen and oxygen atoms in total. The van der Waals surface area contributed by atoms with Crippen molar-refractivity contribution in [3.63, 3.8) is 0 Å². The lowest BCUT2D eigenvalue weighted by atomic mass is 10.2. The highest BCUT2D eigenvalue weighted by Gasteiger charge is 2.17. The molecule has 0 saturated carbocycles. The molecule has 0 atom stereocenters. The largest absolute Gasteiger partial charge is 0.493 e. The maximum atomic E-state index is 12.6. The number of nitrogens with one attached hydrogen (secondary N) is 1.